The summed E-state index contributed by atoms with van der Waals surface area (Å²) in [4.78, 5) is 25.8. The average Bonchev–Trinajstić information content (AvgIpc) is 2.86. The molecule has 0 saturated carbocycles. The summed E-state index contributed by atoms with van der Waals surface area (Å²) in [6.45, 7) is 3.00. The highest BCUT2D eigenvalue weighted by atomic mass is 16.5. The second kappa shape index (κ2) is 7.38. The number of fused-ring (bicyclic) bond motifs is 1. The lowest BCUT2D eigenvalue weighted by Crippen LogP contribution is -2.30. The van der Waals surface area contributed by atoms with Crippen LogP contribution in [-0.2, 0) is 0 Å². The first-order valence-corrected chi connectivity index (χ1v) is 8.52. The Kier molecular flexibility index (Phi) is 5.03. The van der Waals surface area contributed by atoms with Crippen LogP contribution in [0.2, 0.25) is 0 Å². The van der Waals surface area contributed by atoms with E-state index in [-0.39, 0.29) is 11.8 Å². The minimum Gasteiger partial charge on any atom is -0.494 e. The fourth-order valence-electron chi connectivity index (χ4n) is 2.92. The van der Waals surface area contributed by atoms with Crippen LogP contribution < -0.4 is 10.5 Å². The van der Waals surface area contributed by atoms with Crippen molar-refractivity contribution in [3.63, 3.8) is 0 Å². The van der Waals surface area contributed by atoms with Crippen LogP contribution in [0.15, 0.2) is 42.5 Å². The molecule has 2 N–H and O–H groups in total. The van der Waals surface area contributed by atoms with E-state index < -0.39 is 0 Å². The van der Waals surface area contributed by atoms with Gasteiger partial charge in [0, 0.05) is 12.2 Å². The molecule has 5 heteroatoms. The topological polar surface area (TPSA) is 72.6 Å². The van der Waals surface area contributed by atoms with E-state index in [0.29, 0.717) is 24.3 Å². The van der Waals surface area contributed by atoms with Gasteiger partial charge in [-0.3, -0.25) is 14.5 Å². The number of unbranched alkanes of at least 4 members (excludes halogenated alkanes) is 2. The molecule has 0 spiro atoms. The predicted molar refractivity (Wildman–Crippen MR) is 96.7 cm³/mol. The number of hydrogen-bond acceptors (Lipinski definition) is 4. The van der Waals surface area contributed by atoms with E-state index in [4.69, 9.17) is 10.5 Å². The molecule has 5 nitrogen and oxygen atoms in total. The zero-order chi connectivity index (χ0) is 17.8. The number of carbonyl (C=O) groups excluding carboxylic acids is 2. The van der Waals surface area contributed by atoms with Crippen LogP contribution in [0.1, 0.15) is 45.5 Å². The maximum absolute atomic E-state index is 12.2. The number of rotatable bonds is 7. The van der Waals surface area contributed by atoms with E-state index in [1.807, 2.05) is 25.1 Å². The highest BCUT2D eigenvalue weighted by Crippen LogP contribution is 2.23. The Bertz CT molecular complexity index is 766. The van der Waals surface area contributed by atoms with Crippen molar-refractivity contribution in [2.45, 2.75) is 26.2 Å². The number of nitrogens with zero attached hydrogens (tertiary/aromatic N) is 1. The predicted octanol–water partition coefficient (Wildman–Crippen LogP) is 3.42. The van der Waals surface area contributed by atoms with Gasteiger partial charge in [-0.15, -0.1) is 0 Å². The first kappa shape index (κ1) is 17.0. The lowest BCUT2D eigenvalue weighted by Gasteiger charge is -2.13. The van der Waals surface area contributed by atoms with Crippen LogP contribution in [0.25, 0.3) is 0 Å². The van der Waals surface area contributed by atoms with Crippen molar-refractivity contribution >= 4 is 17.5 Å². The molecule has 0 saturated heterocycles. The zero-order valence-corrected chi connectivity index (χ0v) is 14.3. The van der Waals surface area contributed by atoms with Gasteiger partial charge in [-0.05, 0) is 62.1 Å². The van der Waals surface area contributed by atoms with Gasteiger partial charge >= 0.3 is 0 Å². The molecule has 3 rings (SSSR count). The van der Waals surface area contributed by atoms with Crippen LogP contribution in [0.4, 0.5) is 5.69 Å². The quantitative estimate of drug-likeness (QED) is 0.477. The van der Waals surface area contributed by atoms with Crippen molar-refractivity contribution < 1.29 is 14.3 Å². The second-order valence-electron chi connectivity index (χ2n) is 6.24. The third-order valence-electron chi connectivity index (χ3n) is 4.41. The second-order valence-corrected chi connectivity index (χ2v) is 6.24. The van der Waals surface area contributed by atoms with E-state index in [2.05, 4.69) is 0 Å². The Hall–Kier alpha value is -2.82. The van der Waals surface area contributed by atoms with Gasteiger partial charge < -0.3 is 10.5 Å². The molecule has 1 aliphatic heterocycles. The zero-order valence-electron chi connectivity index (χ0n) is 14.3. The molecule has 0 bridgehead atoms. The van der Waals surface area contributed by atoms with Crippen LogP contribution in [0, 0.1) is 6.92 Å². The van der Waals surface area contributed by atoms with E-state index in [1.54, 1.807) is 24.3 Å². The lowest BCUT2D eigenvalue weighted by molar-refractivity contribution is 0.0651. The van der Waals surface area contributed by atoms with Crippen LogP contribution in [0.3, 0.4) is 0 Å². The number of nitrogens with two attached hydrogens (primary N) is 1. The number of aryl methyl sites for hydroxylation is 1. The molecular weight excluding hydrogens is 316 g/mol. The molecule has 0 atom stereocenters. The number of nitrogen functional groups attached to an aromatic ring is 1. The van der Waals surface area contributed by atoms with E-state index in [9.17, 15) is 9.59 Å². The maximum Gasteiger partial charge on any atom is 0.261 e. The summed E-state index contributed by atoms with van der Waals surface area (Å²) < 4.78 is 5.70. The standard InChI is InChI=1S/C20H22N2O3/c1-14-13-15(9-10-18(14)21)25-12-6-2-5-11-22-19(23)16-7-3-4-8-17(16)20(22)24/h3-4,7-10,13H,2,5-6,11-12,21H2,1H3. The van der Waals surface area contributed by atoms with E-state index in [0.717, 1.165) is 36.3 Å². The number of hydrogen-bond donors (Lipinski definition) is 1. The third kappa shape index (κ3) is 3.65. The summed E-state index contributed by atoms with van der Waals surface area (Å²) in [5.74, 6) is 0.440. The summed E-state index contributed by atoms with van der Waals surface area (Å²) in [6, 6.07) is 12.6. The van der Waals surface area contributed by atoms with Gasteiger partial charge in [-0.25, -0.2) is 0 Å². The van der Waals surface area contributed by atoms with Crippen molar-refractivity contribution in [2.24, 2.45) is 0 Å². The van der Waals surface area contributed by atoms with Gasteiger partial charge in [0.05, 0.1) is 17.7 Å². The molecule has 1 heterocycles. The number of amides is 2. The number of benzene rings is 2. The van der Waals surface area contributed by atoms with Crippen LogP contribution in [0.5, 0.6) is 5.75 Å². The first-order valence-electron chi connectivity index (χ1n) is 8.52. The molecule has 2 amide bonds. The molecule has 0 fully saturated rings. The van der Waals surface area contributed by atoms with Gasteiger partial charge in [0.2, 0.25) is 0 Å². The molecule has 25 heavy (non-hydrogen) atoms. The largest absolute Gasteiger partial charge is 0.494 e. The first-order chi connectivity index (χ1) is 12.1. The number of carbonyl (C=O) groups is 2. The lowest BCUT2D eigenvalue weighted by atomic mass is 10.1. The van der Waals surface area contributed by atoms with Crippen molar-refractivity contribution in [3.05, 3.63) is 59.2 Å². The fourth-order valence-corrected chi connectivity index (χ4v) is 2.92. The van der Waals surface area contributed by atoms with Gasteiger partial charge in [0.15, 0.2) is 0 Å². The minimum atomic E-state index is -0.186. The normalized spacial score (nSPS) is 13.2. The van der Waals surface area contributed by atoms with Gasteiger partial charge in [-0.2, -0.15) is 0 Å². The molecule has 1 aliphatic rings. The van der Waals surface area contributed by atoms with Crippen molar-refractivity contribution in [2.75, 3.05) is 18.9 Å². The molecule has 0 unspecified atom stereocenters. The van der Waals surface area contributed by atoms with Gasteiger partial charge in [-0.1, -0.05) is 12.1 Å². The van der Waals surface area contributed by atoms with Gasteiger partial charge in [0.25, 0.3) is 11.8 Å². The van der Waals surface area contributed by atoms with E-state index in [1.165, 1.54) is 4.90 Å². The van der Waals surface area contributed by atoms with Crippen molar-refractivity contribution in [3.8, 4) is 5.75 Å². The molecule has 0 aliphatic carbocycles. The summed E-state index contributed by atoms with van der Waals surface area (Å²) in [6.07, 6.45) is 2.53. The molecule has 130 valence electrons. The summed E-state index contributed by atoms with van der Waals surface area (Å²) >= 11 is 0. The Morgan fingerprint density at radius 1 is 0.960 bits per heavy atom. The molecule has 2 aromatic carbocycles. The summed E-state index contributed by atoms with van der Waals surface area (Å²) in [7, 11) is 0. The Labute approximate surface area is 147 Å². The van der Waals surface area contributed by atoms with Crippen LogP contribution >= 0.6 is 0 Å². The fraction of sp³-hybridized carbons (Fsp3) is 0.300. The van der Waals surface area contributed by atoms with Crippen molar-refractivity contribution in [1.82, 2.24) is 4.90 Å². The SMILES string of the molecule is Cc1cc(OCCCCCN2C(=O)c3ccccc3C2=O)ccc1N. The Balaban J connectivity index is 1.40. The molecular formula is C20H22N2O3. The van der Waals surface area contributed by atoms with Crippen molar-refractivity contribution in [1.29, 1.82) is 0 Å². The summed E-state index contributed by atoms with van der Waals surface area (Å²) in [5, 5.41) is 0. The number of ether oxygens (including phenoxy) is 1. The molecule has 0 radical (unpaired) electrons. The highest BCUT2D eigenvalue weighted by molar-refractivity contribution is 6.21. The maximum atomic E-state index is 12.2. The minimum absolute atomic E-state index is 0.186. The number of anilines is 1. The Morgan fingerprint density at radius 3 is 2.28 bits per heavy atom. The van der Waals surface area contributed by atoms with E-state index >= 15 is 0 Å². The highest BCUT2D eigenvalue weighted by Gasteiger charge is 2.34. The van der Waals surface area contributed by atoms with Gasteiger partial charge in [0.1, 0.15) is 5.75 Å². The smallest absolute Gasteiger partial charge is 0.261 e. The molecule has 2 aromatic rings. The summed E-state index contributed by atoms with van der Waals surface area (Å²) in [5.41, 5.74) is 8.56. The Morgan fingerprint density at radius 2 is 1.64 bits per heavy atom. The third-order valence-corrected chi connectivity index (χ3v) is 4.41. The molecule has 0 aromatic heterocycles. The number of imide groups is 1. The average molecular weight is 338 g/mol. The van der Waals surface area contributed by atoms with Crippen LogP contribution in [-0.4, -0.2) is 29.9 Å². The monoisotopic (exact) mass is 338 g/mol.